The van der Waals surface area contributed by atoms with E-state index in [1.807, 2.05) is 0 Å². The number of aromatic hydroxyl groups is 2. The molecule has 5 unspecified atom stereocenters. The molecule has 3 rings (SSSR count). The van der Waals surface area contributed by atoms with Gasteiger partial charge >= 0.3 is 0 Å². The van der Waals surface area contributed by atoms with Gasteiger partial charge in [-0.15, -0.1) is 0 Å². The van der Waals surface area contributed by atoms with E-state index in [0.717, 1.165) is 0 Å². The Morgan fingerprint density at radius 3 is 1.90 bits per heavy atom. The molecule has 2 aliphatic rings. The molecule has 29 heavy (non-hydrogen) atoms. The Morgan fingerprint density at radius 1 is 0.862 bits per heavy atom. The number of aliphatic hydroxyl groups excluding tert-OH is 4. The van der Waals surface area contributed by atoms with Crippen molar-refractivity contribution in [3.05, 3.63) is 27.8 Å². The zero-order chi connectivity index (χ0) is 21.8. The van der Waals surface area contributed by atoms with Crippen molar-refractivity contribution in [1.82, 2.24) is 0 Å². The molecule has 0 saturated carbocycles. The molecule has 158 valence electrons. The largest absolute Gasteiger partial charge is 0.507 e. The number of carbonyl (C=O) groups excluding carboxylic acids is 2. The molecule has 5 atom stereocenters. The van der Waals surface area contributed by atoms with Gasteiger partial charge < -0.3 is 35.4 Å². The molecule has 1 aromatic carbocycles. The highest BCUT2D eigenvalue weighted by molar-refractivity contribution is 8.00. The summed E-state index contributed by atoms with van der Waals surface area (Å²) in [5, 5.41) is 60.7. The number of Topliss-reactive ketones (excluding diaryl/α,β-unsaturated/α-hetero) is 2. The number of aliphatic hydroxyl groups is 4. The Kier molecular flexibility index (Phi) is 5.78. The van der Waals surface area contributed by atoms with E-state index in [0.29, 0.717) is 11.8 Å². The van der Waals surface area contributed by atoms with E-state index in [1.165, 1.54) is 20.8 Å². The molecule has 1 aromatic rings. The predicted molar refractivity (Wildman–Crippen MR) is 101 cm³/mol. The van der Waals surface area contributed by atoms with Crippen LogP contribution in [0.5, 0.6) is 11.5 Å². The zero-order valence-electron chi connectivity index (χ0n) is 15.9. The summed E-state index contributed by atoms with van der Waals surface area (Å²) in [6.07, 6.45) is -5.91. The van der Waals surface area contributed by atoms with Gasteiger partial charge in [0.25, 0.3) is 0 Å². The lowest BCUT2D eigenvalue weighted by atomic mass is 9.83. The van der Waals surface area contributed by atoms with E-state index in [2.05, 4.69) is 0 Å². The summed E-state index contributed by atoms with van der Waals surface area (Å²) in [5.74, 6) is -2.21. The second kappa shape index (κ2) is 7.71. The maximum absolute atomic E-state index is 12.7. The normalized spacial score (nSPS) is 30.0. The van der Waals surface area contributed by atoms with E-state index >= 15 is 0 Å². The van der Waals surface area contributed by atoms with Crippen molar-refractivity contribution in [3.8, 4) is 11.5 Å². The van der Waals surface area contributed by atoms with Gasteiger partial charge in [0.15, 0.2) is 11.6 Å². The van der Waals surface area contributed by atoms with Gasteiger partial charge in [-0.2, -0.15) is 0 Å². The number of thioether (sulfide) groups is 1. The van der Waals surface area contributed by atoms with Crippen LogP contribution in [0.3, 0.4) is 0 Å². The van der Waals surface area contributed by atoms with Gasteiger partial charge in [0.2, 0.25) is 0 Å². The first-order valence-corrected chi connectivity index (χ1v) is 9.73. The van der Waals surface area contributed by atoms with Gasteiger partial charge in [0.1, 0.15) is 41.4 Å². The molecule has 0 spiro atoms. The third kappa shape index (κ3) is 3.25. The zero-order valence-corrected chi connectivity index (χ0v) is 16.7. The van der Waals surface area contributed by atoms with Crippen LogP contribution in [0.15, 0.2) is 16.0 Å². The first kappa shape index (κ1) is 21.8. The summed E-state index contributed by atoms with van der Waals surface area (Å²) < 4.78 is 5.41. The highest BCUT2D eigenvalue weighted by atomic mass is 32.2. The molecule has 0 radical (unpaired) electrons. The molecule has 1 aliphatic heterocycles. The fourth-order valence-corrected chi connectivity index (χ4v) is 4.62. The molecule has 1 fully saturated rings. The first-order valence-electron chi connectivity index (χ1n) is 8.85. The minimum absolute atomic E-state index is 0.0286. The second-order valence-electron chi connectivity index (χ2n) is 7.12. The molecule has 9 nitrogen and oxygen atoms in total. The monoisotopic (exact) mass is 426 g/mol. The molecule has 1 heterocycles. The fourth-order valence-electron chi connectivity index (χ4n) is 3.41. The van der Waals surface area contributed by atoms with Crippen LogP contribution in [-0.4, -0.2) is 78.7 Å². The molecular formula is C19H22O9S. The Bertz CT molecular complexity index is 921. The second-order valence-corrected chi connectivity index (χ2v) is 8.23. The molecule has 0 bridgehead atoms. The number of phenols is 2. The van der Waals surface area contributed by atoms with E-state index in [1.54, 1.807) is 0 Å². The number of allylic oxidation sites excluding steroid dienone is 2. The summed E-state index contributed by atoms with van der Waals surface area (Å²) in [4.78, 5) is 25.2. The SMILES string of the molecule is CC1=C(C)C(=O)c2c(O)c(SC3OC(CO)C(O)C(O)C3O)c(C)c(O)c2C1=O. The van der Waals surface area contributed by atoms with Crippen LogP contribution >= 0.6 is 11.8 Å². The van der Waals surface area contributed by atoms with Gasteiger partial charge in [-0.1, -0.05) is 11.8 Å². The Morgan fingerprint density at radius 2 is 1.38 bits per heavy atom. The fraction of sp³-hybridized carbons (Fsp3) is 0.474. The number of ketones is 2. The van der Waals surface area contributed by atoms with Gasteiger partial charge in [-0.25, -0.2) is 0 Å². The summed E-state index contributed by atoms with van der Waals surface area (Å²) in [7, 11) is 0. The maximum Gasteiger partial charge on any atom is 0.193 e. The van der Waals surface area contributed by atoms with Crippen molar-refractivity contribution in [2.75, 3.05) is 6.61 Å². The van der Waals surface area contributed by atoms with Crippen molar-refractivity contribution >= 4 is 23.3 Å². The van der Waals surface area contributed by atoms with Crippen molar-refractivity contribution in [3.63, 3.8) is 0 Å². The number of benzene rings is 1. The number of hydrogen-bond acceptors (Lipinski definition) is 10. The van der Waals surface area contributed by atoms with Crippen molar-refractivity contribution in [1.29, 1.82) is 0 Å². The average Bonchev–Trinajstić information content (AvgIpc) is 2.70. The Labute approximate surface area is 170 Å². The topological polar surface area (TPSA) is 165 Å². The van der Waals surface area contributed by atoms with Gasteiger partial charge in [0.05, 0.1) is 22.6 Å². The minimum atomic E-state index is -1.62. The van der Waals surface area contributed by atoms with E-state index in [-0.39, 0.29) is 32.7 Å². The van der Waals surface area contributed by atoms with Gasteiger partial charge in [0, 0.05) is 16.7 Å². The number of hydrogen-bond donors (Lipinski definition) is 6. The lowest BCUT2D eigenvalue weighted by Crippen LogP contribution is -2.57. The van der Waals surface area contributed by atoms with Crippen molar-refractivity contribution in [2.45, 2.75) is 55.5 Å². The van der Waals surface area contributed by atoms with Crippen LogP contribution in [0.2, 0.25) is 0 Å². The smallest absolute Gasteiger partial charge is 0.193 e. The molecule has 6 N–H and O–H groups in total. The highest BCUT2D eigenvalue weighted by Crippen LogP contribution is 2.48. The van der Waals surface area contributed by atoms with Gasteiger partial charge in [-0.05, 0) is 20.8 Å². The Balaban J connectivity index is 2.09. The van der Waals surface area contributed by atoms with Crippen molar-refractivity contribution < 1.29 is 45.0 Å². The maximum atomic E-state index is 12.7. The quantitative estimate of drug-likeness (QED) is 0.363. The van der Waals surface area contributed by atoms with Crippen LogP contribution in [0, 0.1) is 6.92 Å². The van der Waals surface area contributed by atoms with Crippen LogP contribution in [0.4, 0.5) is 0 Å². The summed E-state index contributed by atoms with van der Waals surface area (Å²) in [6.45, 7) is 3.69. The number of ether oxygens (including phenoxy) is 1. The van der Waals surface area contributed by atoms with Gasteiger partial charge in [-0.3, -0.25) is 9.59 Å². The molecule has 0 amide bonds. The number of fused-ring (bicyclic) bond motifs is 1. The summed E-state index contributed by atoms with van der Waals surface area (Å²) >= 11 is 0.699. The van der Waals surface area contributed by atoms with E-state index < -0.39 is 59.5 Å². The summed E-state index contributed by atoms with van der Waals surface area (Å²) in [6, 6.07) is 0. The third-order valence-corrected chi connectivity index (χ3v) is 6.77. The molecule has 10 heteroatoms. The van der Waals surface area contributed by atoms with Crippen LogP contribution in [-0.2, 0) is 4.74 Å². The van der Waals surface area contributed by atoms with E-state index in [9.17, 15) is 40.2 Å². The van der Waals surface area contributed by atoms with E-state index in [4.69, 9.17) is 4.74 Å². The molecule has 1 saturated heterocycles. The van der Waals surface area contributed by atoms with Crippen LogP contribution in [0.25, 0.3) is 0 Å². The van der Waals surface area contributed by atoms with Crippen LogP contribution < -0.4 is 0 Å². The first-order chi connectivity index (χ1) is 13.5. The standard InChI is InChI=1S/C19H22O9S/c1-5-6(2)12(22)10-9(11(5)21)13(23)7(3)18(15(10)25)29-19-17(27)16(26)14(24)8(4-20)28-19/h8,14,16-17,19-20,23-27H,4H2,1-3H3. The molecular weight excluding hydrogens is 404 g/mol. The Hall–Kier alpha value is -1.95. The minimum Gasteiger partial charge on any atom is -0.507 e. The predicted octanol–water partition coefficient (Wildman–Crippen LogP) is 0.0136. The lowest BCUT2D eigenvalue weighted by molar-refractivity contribution is -0.205. The highest BCUT2D eigenvalue weighted by Gasteiger charge is 2.45. The third-order valence-electron chi connectivity index (χ3n) is 5.41. The lowest BCUT2D eigenvalue weighted by Gasteiger charge is -2.39. The molecule has 1 aliphatic carbocycles. The average molecular weight is 426 g/mol. The van der Waals surface area contributed by atoms with Crippen molar-refractivity contribution in [2.24, 2.45) is 0 Å². The number of phenolic OH excluding ortho intramolecular Hbond substituents is 2. The number of carbonyl (C=O) groups is 2. The van der Waals surface area contributed by atoms with Crippen LogP contribution in [0.1, 0.15) is 40.1 Å². The number of rotatable bonds is 3. The summed E-state index contributed by atoms with van der Waals surface area (Å²) in [5.41, 5.74) is -1.47. The molecule has 0 aromatic heterocycles.